The van der Waals surface area contributed by atoms with Crippen LogP contribution in [0.2, 0.25) is 10.0 Å². The fourth-order valence-electron chi connectivity index (χ4n) is 3.16. The normalized spacial score (nSPS) is 11.9. The quantitative estimate of drug-likeness (QED) is 0.302. The smallest absolute Gasteiger partial charge is 0.255 e. The molecule has 0 radical (unpaired) electrons. The van der Waals surface area contributed by atoms with E-state index in [-0.39, 0.29) is 11.4 Å². The van der Waals surface area contributed by atoms with Crippen LogP contribution in [0.25, 0.3) is 0 Å². The predicted octanol–water partition coefficient (Wildman–Crippen LogP) is 5.46. The Morgan fingerprint density at radius 3 is 2.29 bits per heavy atom. The van der Waals surface area contributed by atoms with Gasteiger partial charge in [-0.1, -0.05) is 73.4 Å². The van der Waals surface area contributed by atoms with E-state index in [0.717, 1.165) is 9.87 Å². The second kappa shape index (κ2) is 11.6. The van der Waals surface area contributed by atoms with E-state index in [0.29, 0.717) is 21.5 Å². The molecule has 0 atom stereocenters. The van der Waals surface area contributed by atoms with Crippen molar-refractivity contribution in [1.29, 1.82) is 0 Å². The minimum atomic E-state index is -4.00. The van der Waals surface area contributed by atoms with Gasteiger partial charge in [-0.15, -0.1) is 0 Å². The molecule has 0 aromatic heterocycles. The summed E-state index contributed by atoms with van der Waals surface area (Å²) < 4.78 is 27.6. The Balaban J connectivity index is 1.76. The van der Waals surface area contributed by atoms with Gasteiger partial charge in [-0.05, 0) is 59.0 Å². The number of rotatable bonds is 9. The molecule has 178 valence electrons. The monoisotopic (exact) mass is 517 g/mol. The lowest BCUT2D eigenvalue weighted by atomic mass is 10.0. The van der Waals surface area contributed by atoms with Crippen molar-refractivity contribution in [3.05, 3.63) is 99.5 Å². The molecule has 6 nitrogen and oxygen atoms in total. The van der Waals surface area contributed by atoms with E-state index >= 15 is 0 Å². The van der Waals surface area contributed by atoms with Gasteiger partial charge in [0.2, 0.25) is 10.0 Å². The van der Waals surface area contributed by atoms with E-state index in [1.165, 1.54) is 36.0 Å². The first kappa shape index (κ1) is 25.9. The van der Waals surface area contributed by atoms with Crippen LogP contribution in [-0.2, 0) is 21.4 Å². The van der Waals surface area contributed by atoms with Crippen LogP contribution in [-0.4, -0.2) is 31.4 Å². The molecular weight excluding hydrogens is 493 g/mol. The van der Waals surface area contributed by atoms with Crippen molar-refractivity contribution in [2.24, 2.45) is 5.10 Å². The van der Waals surface area contributed by atoms with E-state index in [1.54, 1.807) is 24.3 Å². The Hall–Kier alpha value is -2.71. The summed E-state index contributed by atoms with van der Waals surface area (Å²) in [5.74, 6) is -0.159. The fourth-order valence-corrected chi connectivity index (χ4v) is 4.89. The molecule has 0 aliphatic heterocycles. The maximum Gasteiger partial charge on any atom is 0.255 e. The van der Waals surface area contributed by atoms with Crippen LogP contribution < -0.4 is 5.43 Å². The Morgan fingerprint density at radius 1 is 1.00 bits per heavy atom. The van der Waals surface area contributed by atoms with Gasteiger partial charge in [-0.25, -0.2) is 13.8 Å². The lowest BCUT2D eigenvalue weighted by molar-refractivity contribution is -0.121. The summed E-state index contributed by atoms with van der Waals surface area (Å²) >= 11 is 12.0. The molecule has 9 heteroatoms. The maximum absolute atomic E-state index is 13.3. The summed E-state index contributed by atoms with van der Waals surface area (Å²) in [6, 6.07) is 20.4. The molecule has 1 amide bonds. The standard InChI is InChI=1S/C25H25Cl2N3O3S/c1-18(2)21-8-6-19(7-9-21)15-28-29-25(31)17-30(16-20-4-3-5-23(27)14-20)34(32,33)24-12-10-22(26)11-13-24/h3-15,18H,16-17H2,1-2H3,(H,29,31)/b28-15-. The molecule has 0 fully saturated rings. The molecule has 0 spiro atoms. The summed E-state index contributed by atoms with van der Waals surface area (Å²) in [7, 11) is -4.00. The van der Waals surface area contributed by atoms with Crippen molar-refractivity contribution in [3.8, 4) is 0 Å². The molecule has 34 heavy (non-hydrogen) atoms. The summed E-state index contributed by atoms with van der Waals surface area (Å²) in [4.78, 5) is 12.6. The number of sulfonamides is 1. The second-order valence-corrected chi connectivity index (χ2v) is 10.8. The highest BCUT2D eigenvalue weighted by Gasteiger charge is 2.27. The van der Waals surface area contributed by atoms with Crippen LogP contribution in [0.4, 0.5) is 0 Å². The molecule has 3 aromatic rings. The number of hydrazone groups is 1. The highest BCUT2D eigenvalue weighted by molar-refractivity contribution is 7.89. The number of nitrogens with one attached hydrogen (secondary N) is 1. The van der Waals surface area contributed by atoms with Gasteiger partial charge in [0.25, 0.3) is 5.91 Å². The van der Waals surface area contributed by atoms with E-state index in [1.807, 2.05) is 24.3 Å². The van der Waals surface area contributed by atoms with Gasteiger partial charge >= 0.3 is 0 Å². The number of hydrogen-bond donors (Lipinski definition) is 1. The van der Waals surface area contributed by atoms with E-state index in [9.17, 15) is 13.2 Å². The van der Waals surface area contributed by atoms with E-state index in [2.05, 4.69) is 24.4 Å². The molecule has 0 saturated carbocycles. The van der Waals surface area contributed by atoms with Gasteiger partial charge in [-0.3, -0.25) is 4.79 Å². The number of hydrogen-bond acceptors (Lipinski definition) is 4. The number of benzene rings is 3. The van der Waals surface area contributed by atoms with Crippen molar-refractivity contribution < 1.29 is 13.2 Å². The third kappa shape index (κ3) is 7.14. The van der Waals surface area contributed by atoms with E-state index in [4.69, 9.17) is 23.2 Å². The zero-order valence-corrected chi connectivity index (χ0v) is 21.1. The number of carbonyl (C=O) groups excluding carboxylic acids is 1. The van der Waals surface area contributed by atoms with Crippen LogP contribution in [0.3, 0.4) is 0 Å². The number of amides is 1. The van der Waals surface area contributed by atoms with Crippen molar-refractivity contribution >= 4 is 45.3 Å². The molecule has 0 aliphatic carbocycles. The van der Waals surface area contributed by atoms with Crippen molar-refractivity contribution in [2.75, 3.05) is 6.54 Å². The number of carbonyl (C=O) groups is 1. The zero-order valence-electron chi connectivity index (χ0n) is 18.8. The van der Waals surface area contributed by atoms with Gasteiger partial charge in [0.05, 0.1) is 17.7 Å². The van der Waals surface area contributed by atoms with Crippen LogP contribution in [0.1, 0.15) is 36.5 Å². The SMILES string of the molecule is CC(C)c1ccc(/C=N\NC(=O)CN(Cc2cccc(Cl)c2)S(=O)(=O)c2ccc(Cl)cc2)cc1. The lowest BCUT2D eigenvalue weighted by Gasteiger charge is -2.21. The van der Waals surface area contributed by atoms with Gasteiger partial charge in [-0.2, -0.15) is 9.41 Å². The third-order valence-electron chi connectivity index (χ3n) is 5.03. The number of halogens is 2. The molecule has 0 unspecified atom stereocenters. The molecule has 0 aliphatic rings. The first-order valence-corrected chi connectivity index (χ1v) is 12.8. The van der Waals surface area contributed by atoms with Crippen molar-refractivity contribution in [2.45, 2.75) is 31.2 Å². The number of nitrogens with zero attached hydrogens (tertiary/aromatic N) is 2. The van der Waals surface area contributed by atoms with Crippen LogP contribution in [0.5, 0.6) is 0 Å². The third-order valence-corrected chi connectivity index (χ3v) is 7.32. The van der Waals surface area contributed by atoms with Gasteiger partial charge in [0.1, 0.15) is 0 Å². The second-order valence-electron chi connectivity index (χ2n) is 7.97. The minimum absolute atomic E-state index is 0.0282. The van der Waals surface area contributed by atoms with Gasteiger partial charge < -0.3 is 0 Å². The Bertz CT molecular complexity index is 1260. The van der Waals surface area contributed by atoms with Crippen molar-refractivity contribution in [1.82, 2.24) is 9.73 Å². The molecule has 3 aromatic carbocycles. The summed E-state index contributed by atoms with van der Waals surface area (Å²) in [6.07, 6.45) is 1.51. The Morgan fingerprint density at radius 2 is 1.68 bits per heavy atom. The molecule has 3 rings (SSSR count). The molecular formula is C25H25Cl2N3O3S. The van der Waals surface area contributed by atoms with Gasteiger partial charge in [0.15, 0.2) is 0 Å². The maximum atomic E-state index is 13.3. The van der Waals surface area contributed by atoms with Crippen LogP contribution >= 0.6 is 23.2 Å². The molecule has 0 saturated heterocycles. The molecule has 0 bridgehead atoms. The molecule has 0 heterocycles. The van der Waals surface area contributed by atoms with Crippen LogP contribution in [0.15, 0.2) is 82.8 Å². The first-order valence-electron chi connectivity index (χ1n) is 10.6. The van der Waals surface area contributed by atoms with E-state index < -0.39 is 22.5 Å². The Kier molecular flexibility index (Phi) is 8.85. The van der Waals surface area contributed by atoms with Crippen molar-refractivity contribution in [3.63, 3.8) is 0 Å². The predicted molar refractivity (Wildman–Crippen MR) is 137 cm³/mol. The topological polar surface area (TPSA) is 78.8 Å². The average Bonchev–Trinajstić information content (AvgIpc) is 2.79. The highest BCUT2D eigenvalue weighted by Crippen LogP contribution is 2.21. The van der Waals surface area contributed by atoms with Gasteiger partial charge in [0, 0.05) is 16.6 Å². The fraction of sp³-hybridized carbons (Fsp3) is 0.200. The summed E-state index contributed by atoms with van der Waals surface area (Å²) in [6.45, 7) is 3.74. The minimum Gasteiger partial charge on any atom is -0.272 e. The summed E-state index contributed by atoms with van der Waals surface area (Å²) in [5, 5.41) is 4.85. The largest absolute Gasteiger partial charge is 0.272 e. The zero-order chi connectivity index (χ0) is 24.7. The highest BCUT2D eigenvalue weighted by atomic mass is 35.5. The Labute approximate surface area is 210 Å². The molecule has 1 N–H and O–H groups in total. The summed E-state index contributed by atoms with van der Waals surface area (Å²) in [5.41, 5.74) is 5.06. The average molecular weight is 518 g/mol. The first-order chi connectivity index (χ1) is 16.1. The van der Waals surface area contributed by atoms with Crippen LogP contribution in [0, 0.1) is 0 Å². The lowest BCUT2D eigenvalue weighted by Crippen LogP contribution is -2.39.